The lowest BCUT2D eigenvalue weighted by atomic mass is 10.1. The highest BCUT2D eigenvalue weighted by Gasteiger charge is 2.14. The molecule has 2 N–H and O–H groups in total. The summed E-state index contributed by atoms with van der Waals surface area (Å²) in [6.07, 6.45) is 6.11. The van der Waals surface area contributed by atoms with Gasteiger partial charge in [0.2, 0.25) is 0 Å². The quantitative estimate of drug-likeness (QED) is 0.671. The van der Waals surface area contributed by atoms with Crippen LogP contribution in [0.3, 0.4) is 0 Å². The van der Waals surface area contributed by atoms with Gasteiger partial charge >= 0.3 is 0 Å². The van der Waals surface area contributed by atoms with Gasteiger partial charge in [-0.2, -0.15) is 0 Å². The molecule has 0 aromatic heterocycles. The SMILES string of the molecule is CN(C)C(CN=C(N)N1CCCCCC1)Cc1ccccc1. The number of nitrogens with zero attached hydrogens (tertiary/aromatic N) is 3. The topological polar surface area (TPSA) is 44.9 Å². The first-order valence-corrected chi connectivity index (χ1v) is 8.42. The Bertz CT molecular complexity index is 447. The normalized spacial score (nSPS) is 18.3. The maximum absolute atomic E-state index is 6.22. The Labute approximate surface area is 135 Å². The highest BCUT2D eigenvalue weighted by atomic mass is 15.3. The summed E-state index contributed by atoms with van der Waals surface area (Å²) in [5.41, 5.74) is 7.57. The first-order chi connectivity index (χ1) is 10.7. The molecule has 0 spiro atoms. The van der Waals surface area contributed by atoms with E-state index in [1.807, 2.05) is 0 Å². The summed E-state index contributed by atoms with van der Waals surface area (Å²) in [4.78, 5) is 9.18. The molecule has 2 rings (SSSR count). The van der Waals surface area contributed by atoms with Crippen molar-refractivity contribution in [1.29, 1.82) is 0 Å². The van der Waals surface area contributed by atoms with Gasteiger partial charge in [0.1, 0.15) is 0 Å². The molecule has 0 bridgehead atoms. The van der Waals surface area contributed by atoms with Gasteiger partial charge in [0, 0.05) is 19.1 Å². The minimum absolute atomic E-state index is 0.382. The van der Waals surface area contributed by atoms with Crippen LogP contribution in [-0.4, -0.2) is 55.5 Å². The predicted octanol–water partition coefficient (Wildman–Crippen LogP) is 2.35. The molecule has 1 fully saturated rings. The van der Waals surface area contributed by atoms with E-state index in [2.05, 4.69) is 59.2 Å². The first-order valence-electron chi connectivity index (χ1n) is 8.42. The molecule has 0 aliphatic carbocycles. The Morgan fingerprint density at radius 1 is 1.14 bits per heavy atom. The minimum atomic E-state index is 0.382. The summed E-state index contributed by atoms with van der Waals surface area (Å²) in [5, 5.41) is 0. The Hall–Kier alpha value is -1.55. The number of guanidine groups is 1. The second kappa shape index (κ2) is 8.79. The van der Waals surface area contributed by atoms with Crippen LogP contribution in [0.2, 0.25) is 0 Å². The number of likely N-dealkylation sites (N-methyl/N-ethyl adjacent to an activating group) is 1. The number of aliphatic imine (C=N–C) groups is 1. The average Bonchev–Trinajstić information content (AvgIpc) is 2.81. The maximum atomic E-state index is 6.22. The lowest BCUT2D eigenvalue weighted by molar-refractivity contribution is 0.297. The Morgan fingerprint density at radius 3 is 2.36 bits per heavy atom. The zero-order valence-corrected chi connectivity index (χ0v) is 14.0. The van der Waals surface area contributed by atoms with Crippen molar-refractivity contribution >= 4 is 5.96 Å². The van der Waals surface area contributed by atoms with Crippen LogP contribution in [-0.2, 0) is 6.42 Å². The van der Waals surface area contributed by atoms with Gasteiger partial charge in [0.25, 0.3) is 0 Å². The molecule has 122 valence electrons. The summed E-state index contributed by atoms with van der Waals surface area (Å²) in [5.74, 6) is 0.724. The number of rotatable bonds is 5. The molecule has 0 radical (unpaired) electrons. The number of nitrogens with two attached hydrogens (primary N) is 1. The zero-order valence-electron chi connectivity index (χ0n) is 14.0. The van der Waals surface area contributed by atoms with Gasteiger partial charge in [-0.05, 0) is 38.9 Å². The van der Waals surface area contributed by atoms with Crippen LogP contribution in [0.4, 0.5) is 0 Å². The van der Waals surface area contributed by atoms with Gasteiger partial charge in [-0.1, -0.05) is 43.2 Å². The molecule has 0 amide bonds. The minimum Gasteiger partial charge on any atom is -0.370 e. The first kappa shape index (κ1) is 16.8. The number of hydrogen-bond acceptors (Lipinski definition) is 2. The maximum Gasteiger partial charge on any atom is 0.191 e. The van der Waals surface area contributed by atoms with E-state index in [-0.39, 0.29) is 0 Å². The summed E-state index contributed by atoms with van der Waals surface area (Å²) in [7, 11) is 4.23. The van der Waals surface area contributed by atoms with E-state index in [1.165, 1.54) is 31.2 Å². The van der Waals surface area contributed by atoms with Gasteiger partial charge in [-0.3, -0.25) is 4.99 Å². The molecule has 1 heterocycles. The molecule has 1 aliphatic rings. The standard InChI is InChI=1S/C18H30N4/c1-21(2)17(14-16-10-6-5-7-11-16)15-20-18(19)22-12-8-3-4-9-13-22/h5-7,10-11,17H,3-4,8-9,12-15H2,1-2H3,(H2,19,20). The molecule has 0 saturated carbocycles. The second-order valence-electron chi connectivity index (χ2n) is 6.41. The molecule has 1 saturated heterocycles. The van der Waals surface area contributed by atoms with Crippen LogP contribution < -0.4 is 5.73 Å². The fourth-order valence-electron chi connectivity index (χ4n) is 2.90. The molecular formula is C18H30N4. The molecule has 1 aliphatic heterocycles. The van der Waals surface area contributed by atoms with Gasteiger partial charge in [0.05, 0.1) is 6.54 Å². The molecule has 4 heteroatoms. The molecule has 1 atom stereocenters. The summed E-state index contributed by atoms with van der Waals surface area (Å²) in [6.45, 7) is 2.87. The van der Waals surface area contributed by atoms with Crippen molar-refractivity contribution in [2.45, 2.75) is 38.1 Å². The smallest absolute Gasteiger partial charge is 0.191 e. The van der Waals surface area contributed by atoms with Crippen molar-refractivity contribution in [3.05, 3.63) is 35.9 Å². The van der Waals surface area contributed by atoms with Crippen molar-refractivity contribution < 1.29 is 0 Å². The van der Waals surface area contributed by atoms with Crippen LogP contribution in [0.1, 0.15) is 31.2 Å². The summed E-state index contributed by atoms with van der Waals surface area (Å²) >= 11 is 0. The lowest BCUT2D eigenvalue weighted by Crippen LogP contribution is -2.40. The van der Waals surface area contributed by atoms with Crippen LogP contribution in [0.5, 0.6) is 0 Å². The fourth-order valence-corrected chi connectivity index (χ4v) is 2.90. The van der Waals surface area contributed by atoms with Crippen LogP contribution in [0, 0.1) is 0 Å². The molecule has 22 heavy (non-hydrogen) atoms. The monoisotopic (exact) mass is 302 g/mol. The third-order valence-corrected chi connectivity index (χ3v) is 4.44. The van der Waals surface area contributed by atoms with Crippen LogP contribution in [0.15, 0.2) is 35.3 Å². The van der Waals surface area contributed by atoms with Gasteiger partial charge in [0.15, 0.2) is 5.96 Å². The predicted molar refractivity (Wildman–Crippen MR) is 94.2 cm³/mol. The van der Waals surface area contributed by atoms with E-state index in [1.54, 1.807) is 0 Å². The average molecular weight is 302 g/mol. The largest absolute Gasteiger partial charge is 0.370 e. The molecule has 4 nitrogen and oxygen atoms in total. The van der Waals surface area contributed by atoms with Gasteiger partial charge < -0.3 is 15.5 Å². The highest BCUT2D eigenvalue weighted by molar-refractivity contribution is 5.78. The van der Waals surface area contributed by atoms with Gasteiger partial charge in [-0.25, -0.2) is 0 Å². The highest BCUT2D eigenvalue weighted by Crippen LogP contribution is 2.10. The molecule has 1 aromatic carbocycles. The van der Waals surface area contributed by atoms with E-state index >= 15 is 0 Å². The Balaban J connectivity index is 1.93. The fraction of sp³-hybridized carbons (Fsp3) is 0.611. The molecule has 1 aromatic rings. The van der Waals surface area contributed by atoms with Crippen molar-refractivity contribution in [3.8, 4) is 0 Å². The Morgan fingerprint density at radius 2 is 1.77 bits per heavy atom. The van der Waals surface area contributed by atoms with E-state index in [4.69, 9.17) is 5.73 Å². The number of hydrogen-bond donors (Lipinski definition) is 1. The zero-order chi connectivity index (χ0) is 15.8. The van der Waals surface area contributed by atoms with E-state index in [9.17, 15) is 0 Å². The van der Waals surface area contributed by atoms with Crippen molar-refractivity contribution in [2.75, 3.05) is 33.7 Å². The van der Waals surface area contributed by atoms with Crippen LogP contribution >= 0.6 is 0 Å². The number of likely N-dealkylation sites (tertiary alicyclic amines) is 1. The summed E-state index contributed by atoms with van der Waals surface area (Å²) in [6, 6.07) is 11.0. The summed E-state index contributed by atoms with van der Waals surface area (Å²) < 4.78 is 0. The van der Waals surface area contributed by atoms with Crippen molar-refractivity contribution in [1.82, 2.24) is 9.80 Å². The lowest BCUT2D eigenvalue weighted by Gasteiger charge is -2.25. The van der Waals surface area contributed by atoms with Crippen molar-refractivity contribution in [2.24, 2.45) is 10.7 Å². The number of benzene rings is 1. The van der Waals surface area contributed by atoms with Crippen molar-refractivity contribution in [3.63, 3.8) is 0 Å². The van der Waals surface area contributed by atoms with Crippen LogP contribution in [0.25, 0.3) is 0 Å². The molecule has 1 unspecified atom stereocenters. The van der Waals surface area contributed by atoms with E-state index in [0.717, 1.165) is 32.0 Å². The third kappa shape index (κ3) is 5.34. The second-order valence-corrected chi connectivity index (χ2v) is 6.41. The van der Waals surface area contributed by atoms with E-state index in [0.29, 0.717) is 6.04 Å². The Kier molecular flexibility index (Phi) is 6.72. The van der Waals surface area contributed by atoms with Gasteiger partial charge in [-0.15, -0.1) is 0 Å². The van der Waals surface area contributed by atoms with E-state index < -0.39 is 0 Å². The third-order valence-electron chi connectivity index (χ3n) is 4.44. The molecular weight excluding hydrogens is 272 g/mol.